The zero-order chi connectivity index (χ0) is 14.9. The number of hydrogen-bond acceptors (Lipinski definition) is 1. The summed E-state index contributed by atoms with van der Waals surface area (Å²) in [6.45, 7) is 1.80. The first-order valence-electron chi connectivity index (χ1n) is 5.60. The summed E-state index contributed by atoms with van der Waals surface area (Å²) in [5, 5.41) is 2.71. The molecule has 20 heavy (non-hydrogen) atoms. The van der Waals surface area contributed by atoms with Crippen LogP contribution in [0.3, 0.4) is 0 Å². The molecule has 0 heterocycles. The van der Waals surface area contributed by atoms with Crippen molar-refractivity contribution in [3.63, 3.8) is 0 Å². The van der Waals surface area contributed by atoms with E-state index in [-0.39, 0.29) is 5.91 Å². The van der Waals surface area contributed by atoms with Gasteiger partial charge >= 0.3 is 0 Å². The van der Waals surface area contributed by atoms with E-state index in [1.165, 1.54) is 6.07 Å². The lowest BCUT2D eigenvalue weighted by molar-refractivity contribution is 0.102. The van der Waals surface area contributed by atoms with Gasteiger partial charge in [0.15, 0.2) is 0 Å². The van der Waals surface area contributed by atoms with Crippen LogP contribution in [0.1, 0.15) is 15.9 Å². The van der Waals surface area contributed by atoms with E-state index in [9.17, 15) is 9.18 Å². The molecule has 2 nitrogen and oxygen atoms in total. The van der Waals surface area contributed by atoms with Crippen molar-refractivity contribution in [2.75, 3.05) is 5.32 Å². The summed E-state index contributed by atoms with van der Waals surface area (Å²) in [7, 11) is 0. The van der Waals surface area contributed by atoms with Crippen LogP contribution in [0.4, 0.5) is 10.1 Å². The highest BCUT2D eigenvalue weighted by atomic mass is 79.9. The first kappa shape index (κ1) is 15.7. The molecular weight excluding hydrogens is 457 g/mol. The third-order valence-corrected chi connectivity index (χ3v) is 4.45. The average molecular weight is 466 g/mol. The Labute approximate surface area is 141 Å². The van der Waals surface area contributed by atoms with E-state index < -0.39 is 5.82 Å². The molecule has 2 rings (SSSR count). The monoisotopic (exact) mass is 463 g/mol. The highest BCUT2D eigenvalue weighted by Crippen LogP contribution is 2.26. The number of amides is 1. The summed E-state index contributed by atoms with van der Waals surface area (Å²) in [5.41, 5.74) is 1.71. The largest absolute Gasteiger partial charge is 0.322 e. The number of aryl methyl sites for hydroxylation is 1. The maximum atomic E-state index is 13.5. The van der Waals surface area contributed by atoms with E-state index in [1.54, 1.807) is 31.2 Å². The standard InChI is InChI=1S/C14H9Br3FNO/c1-7-4-11(17)12(18)6-13(7)19-14(20)9-3-2-8(15)5-10(9)16/h2-6H,1H3,(H,19,20). The van der Waals surface area contributed by atoms with Crippen LogP contribution in [0, 0.1) is 12.7 Å². The van der Waals surface area contributed by atoms with Crippen LogP contribution in [0.5, 0.6) is 0 Å². The molecule has 1 amide bonds. The van der Waals surface area contributed by atoms with Crippen LogP contribution in [-0.2, 0) is 0 Å². The average Bonchev–Trinajstić information content (AvgIpc) is 2.35. The molecule has 0 bridgehead atoms. The number of benzene rings is 2. The molecule has 0 radical (unpaired) electrons. The predicted molar refractivity (Wildman–Crippen MR) is 88.6 cm³/mol. The van der Waals surface area contributed by atoms with E-state index in [0.29, 0.717) is 20.2 Å². The first-order valence-corrected chi connectivity index (χ1v) is 7.98. The van der Waals surface area contributed by atoms with Crippen molar-refractivity contribution in [1.29, 1.82) is 0 Å². The fourth-order valence-electron chi connectivity index (χ4n) is 1.64. The summed E-state index contributed by atoms with van der Waals surface area (Å²) >= 11 is 9.77. The van der Waals surface area contributed by atoms with Gasteiger partial charge in [0.05, 0.1) is 10.0 Å². The topological polar surface area (TPSA) is 29.1 Å². The normalized spacial score (nSPS) is 10.4. The fourth-order valence-corrected chi connectivity index (χ4v) is 3.33. The molecule has 0 fully saturated rings. The van der Waals surface area contributed by atoms with Crippen LogP contribution in [0.25, 0.3) is 0 Å². The summed E-state index contributed by atoms with van der Waals surface area (Å²) in [6.07, 6.45) is 0. The van der Waals surface area contributed by atoms with Gasteiger partial charge in [-0.2, -0.15) is 0 Å². The molecule has 0 aliphatic carbocycles. The van der Waals surface area contributed by atoms with Crippen molar-refractivity contribution in [3.05, 3.63) is 60.7 Å². The molecule has 104 valence electrons. The number of rotatable bonds is 2. The maximum Gasteiger partial charge on any atom is 0.256 e. The van der Waals surface area contributed by atoms with Crippen molar-refractivity contribution in [3.8, 4) is 0 Å². The van der Waals surface area contributed by atoms with Crippen LogP contribution in [-0.4, -0.2) is 5.91 Å². The summed E-state index contributed by atoms with van der Waals surface area (Å²) in [5.74, 6) is -0.713. The quantitative estimate of drug-likeness (QED) is 0.608. The number of carbonyl (C=O) groups excluding carboxylic acids is 1. The minimum absolute atomic E-state index is 0.297. The second kappa shape index (κ2) is 6.37. The van der Waals surface area contributed by atoms with Crippen LogP contribution >= 0.6 is 47.8 Å². The van der Waals surface area contributed by atoms with Crippen molar-refractivity contribution >= 4 is 59.4 Å². The Balaban J connectivity index is 2.30. The Kier molecular flexibility index (Phi) is 4.99. The van der Waals surface area contributed by atoms with Gasteiger partial charge in [-0.1, -0.05) is 15.9 Å². The number of anilines is 1. The Morgan fingerprint density at radius 1 is 1.10 bits per heavy atom. The fraction of sp³-hybridized carbons (Fsp3) is 0.0714. The predicted octanol–water partition coefficient (Wildman–Crippen LogP) is 5.67. The van der Waals surface area contributed by atoms with E-state index in [2.05, 4.69) is 53.1 Å². The van der Waals surface area contributed by atoms with Gasteiger partial charge in [0, 0.05) is 14.6 Å². The van der Waals surface area contributed by atoms with Crippen molar-refractivity contribution < 1.29 is 9.18 Å². The van der Waals surface area contributed by atoms with Crippen LogP contribution in [0.15, 0.2) is 43.7 Å². The Bertz CT molecular complexity index is 688. The zero-order valence-corrected chi connectivity index (χ0v) is 15.1. The van der Waals surface area contributed by atoms with Crippen LogP contribution in [0.2, 0.25) is 0 Å². The van der Waals surface area contributed by atoms with Gasteiger partial charge < -0.3 is 5.32 Å². The molecular formula is C14H9Br3FNO. The first-order chi connectivity index (χ1) is 9.38. The molecule has 2 aromatic rings. The molecule has 2 aromatic carbocycles. The lowest BCUT2D eigenvalue weighted by atomic mass is 10.1. The lowest BCUT2D eigenvalue weighted by Crippen LogP contribution is -2.13. The minimum atomic E-state index is -0.416. The van der Waals surface area contributed by atoms with E-state index in [1.807, 2.05) is 0 Å². The Morgan fingerprint density at radius 2 is 1.80 bits per heavy atom. The number of nitrogens with one attached hydrogen (secondary N) is 1. The molecule has 0 aliphatic rings. The van der Waals surface area contributed by atoms with Gasteiger partial charge in [-0.05, 0) is 74.7 Å². The zero-order valence-electron chi connectivity index (χ0n) is 10.3. The Morgan fingerprint density at radius 3 is 2.45 bits per heavy atom. The van der Waals surface area contributed by atoms with Crippen LogP contribution < -0.4 is 5.32 Å². The van der Waals surface area contributed by atoms with Gasteiger partial charge in [0.2, 0.25) is 0 Å². The highest BCUT2D eigenvalue weighted by Gasteiger charge is 2.13. The molecule has 0 saturated heterocycles. The number of carbonyl (C=O) groups is 1. The second-order valence-electron chi connectivity index (χ2n) is 4.16. The smallest absolute Gasteiger partial charge is 0.256 e. The van der Waals surface area contributed by atoms with Crippen molar-refractivity contribution in [1.82, 2.24) is 0 Å². The molecule has 0 aliphatic heterocycles. The van der Waals surface area contributed by atoms with Gasteiger partial charge in [-0.25, -0.2) is 4.39 Å². The molecule has 0 unspecified atom stereocenters. The minimum Gasteiger partial charge on any atom is -0.322 e. The highest BCUT2D eigenvalue weighted by molar-refractivity contribution is 9.11. The second-order valence-corrected chi connectivity index (χ2v) is 6.78. The van der Waals surface area contributed by atoms with Gasteiger partial charge in [-0.3, -0.25) is 4.79 Å². The number of halogens is 4. The molecule has 0 spiro atoms. The summed E-state index contributed by atoms with van der Waals surface area (Å²) < 4.78 is 15.4. The van der Waals surface area contributed by atoms with Gasteiger partial charge in [0.25, 0.3) is 5.91 Å². The van der Waals surface area contributed by atoms with Gasteiger partial charge in [0.1, 0.15) is 5.82 Å². The van der Waals surface area contributed by atoms with E-state index in [0.717, 1.165) is 10.0 Å². The van der Waals surface area contributed by atoms with Crippen molar-refractivity contribution in [2.24, 2.45) is 0 Å². The molecule has 6 heteroatoms. The van der Waals surface area contributed by atoms with E-state index >= 15 is 0 Å². The van der Waals surface area contributed by atoms with Gasteiger partial charge in [-0.15, -0.1) is 0 Å². The van der Waals surface area contributed by atoms with E-state index in [4.69, 9.17) is 0 Å². The molecule has 0 atom stereocenters. The van der Waals surface area contributed by atoms with Crippen molar-refractivity contribution in [2.45, 2.75) is 6.92 Å². The lowest BCUT2D eigenvalue weighted by Gasteiger charge is -2.10. The summed E-state index contributed by atoms with van der Waals surface area (Å²) in [4.78, 5) is 12.2. The Hall–Kier alpha value is -0.720. The third kappa shape index (κ3) is 3.48. The molecule has 1 N–H and O–H groups in total. The summed E-state index contributed by atoms with van der Waals surface area (Å²) in [6, 6.07) is 8.17. The number of hydrogen-bond donors (Lipinski definition) is 1. The third-order valence-electron chi connectivity index (χ3n) is 2.69. The molecule has 0 aromatic heterocycles. The maximum absolute atomic E-state index is 13.5. The molecule has 0 saturated carbocycles. The SMILES string of the molecule is Cc1cc(Br)c(F)cc1NC(=O)c1ccc(Br)cc1Br.